The van der Waals surface area contributed by atoms with Crippen molar-refractivity contribution in [3.8, 4) is 0 Å². The topological polar surface area (TPSA) is 72.4 Å². The summed E-state index contributed by atoms with van der Waals surface area (Å²) in [6.07, 6.45) is 0.740. The summed E-state index contributed by atoms with van der Waals surface area (Å²) in [4.78, 5) is 12.8. The van der Waals surface area contributed by atoms with Crippen LogP contribution < -0.4 is 5.73 Å². The van der Waals surface area contributed by atoms with Crippen molar-refractivity contribution in [1.29, 1.82) is 0 Å². The van der Waals surface area contributed by atoms with Crippen molar-refractivity contribution in [1.82, 2.24) is 10.1 Å². The molecule has 0 aliphatic carbocycles. The number of fused-ring (bicyclic) bond motifs is 1. The predicted octanol–water partition coefficient (Wildman–Crippen LogP) is 0.161. The maximum absolute atomic E-state index is 11.1. The third-order valence-corrected chi connectivity index (χ3v) is 2.32. The van der Waals surface area contributed by atoms with E-state index in [1.165, 1.54) is 0 Å². The minimum absolute atomic E-state index is 0.0622. The fraction of sp³-hybridized carbons (Fsp3) is 0.500. The van der Waals surface area contributed by atoms with Gasteiger partial charge in [0.25, 0.3) is 0 Å². The van der Waals surface area contributed by atoms with Crippen molar-refractivity contribution in [3.63, 3.8) is 0 Å². The Morgan fingerprint density at radius 3 is 3.15 bits per heavy atom. The fourth-order valence-corrected chi connectivity index (χ4v) is 1.52. The lowest BCUT2D eigenvalue weighted by atomic mass is 10.1. The second kappa shape index (κ2) is 2.76. The first-order valence-electron chi connectivity index (χ1n) is 4.17. The van der Waals surface area contributed by atoms with Gasteiger partial charge in [0.1, 0.15) is 5.69 Å². The minimum atomic E-state index is 0.0622. The minimum Gasteiger partial charge on any atom is -0.367 e. The summed E-state index contributed by atoms with van der Waals surface area (Å²) in [5, 5.41) is 3.80. The normalized spacial score (nSPS) is 15.6. The van der Waals surface area contributed by atoms with E-state index in [4.69, 9.17) is 10.3 Å². The van der Waals surface area contributed by atoms with Gasteiger partial charge in [0.2, 0.25) is 11.8 Å². The van der Waals surface area contributed by atoms with Gasteiger partial charge in [-0.3, -0.25) is 4.79 Å². The number of carbonyl (C=O) groups is 1. The Hall–Kier alpha value is -1.52. The predicted molar refractivity (Wildman–Crippen MR) is 45.7 cm³/mol. The van der Waals surface area contributed by atoms with Crippen molar-refractivity contribution >= 4 is 11.8 Å². The Kier molecular flexibility index (Phi) is 1.72. The van der Waals surface area contributed by atoms with Crippen molar-refractivity contribution in [2.45, 2.75) is 19.9 Å². The molecule has 1 aliphatic rings. The molecule has 0 atom stereocenters. The number of nitrogen functional groups attached to an aromatic ring is 1. The van der Waals surface area contributed by atoms with Crippen molar-refractivity contribution in [2.24, 2.45) is 0 Å². The summed E-state index contributed by atoms with van der Waals surface area (Å²) < 4.78 is 4.84. The Morgan fingerprint density at radius 1 is 1.69 bits per heavy atom. The molecule has 2 rings (SSSR count). The van der Waals surface area contributed by atoms with Gasteiger partial charge in [-0.1, -0.05) is 5.16 Å². The number of nitrogens with two attached hydrogens (primary N) is 1. The first-order chi connectivity index (χ1) is 6.18. The number of amides is 1. The lowest BCUT2D eigenvalue weighted by Gasteiger charge is -2.24. The first kappa shape index (κ1) is 8.10. The summed E-state index contributed by atoms with van der Waals surface area (Å²) in [6.45, 7) is 2.77. The smallest absolute Gasteiger partial charge is 0.225 e. The average molecular weight is 181 g/mol. The standard InChI is InChI=1S/C8H11N3O2/c1-5(12)11-3-2-6-7(4-11)10-13-8(6)9/h2-4,9H2,1H3. The van der Waals surface area contributed by atoms with Crippen LogP contribution in [0.5, 0.6) is 0 Å². The zero-order valence-electron chi connectivity index (χ0n) is 7.41. The summed E-state index contributed by atoms with van der Waals surface area (Å²) >= 11 is 0. The van der Waals surface area contributed by atoms with Crippen LogP contribution in [0.15, 0.2) is 4.52 Å². The van der Waals surface area contributed by atoms with Gasteiger partial charge in [0, 0.05) is 19.0 Å². The molecule has 0 aromatic carbocycles. The van der Waals surface area contributed by atoms with Crippen LogP contribution in [0.2, 0.25) is 0 Å². The maximum Gasteiger partial charge on any atom is 0.225 e. The lowest BCUT2D eigenvalue weighted by molar-refractivity contribution is -0.129. The van der Waals surface area contributed by atoms with Crippen LogP contribution in [-0.2, 0) is 17.8 Å². The van der Waals surface area contributed by atoms with E-state index in [0.29, 0.717) is 19.0 Å². The molecule has 2 heterocycles. The molecule has 5 nitrogen and oxygen atoms in total. The molecule has 0 bridgehead atoms. The van der Waals surface area contributed by atoms with Crippen LogP contribution >= 0.6 is 0 Å². The number of hydrogen-bond acceptors (Lipinski definition) is 4. The SMILES string of the molecule is CC(=O)N1CCc2c(noc2N)C1. The summed E-state index contributed by atoms with van der Waals surface area (Å²) in [7, 11) is 0. The van der Waals surface area contributed by atoms with E-state index in [0.717, 1.165) is 17.7 Å². The van der Waals surface area contributed by atoms with Crippen molar-refractivity contribution in [2.75, 3.05) is 12.3 Å². The van der Waals surface area contributed by atoms with Gasteiger partial charge in [-0.15, -0.1) is 0 Å². The van der Waals surface area contributed by atoms with Gasteiger partial charge in [0.05, 0.1) is 6.54 Å². The van der Waals surface area contributed by atoms with Crippen LogP contribution in [-0.4, -0.2) is 22.5 Å². The second-order valence-corrected chi connectivity index (χ2v) is 3.16. The molecule has 70 valence electrons. The molecule has 1 aromatic rings. The molecule has 0 radical (unpaired) electrons. The van der Waals surface area contributed by atoms with E-state index < -0.39 is 0 Å². The van der Waals surface area contributed by atoms with E-state index >= 15 is 0 Å². The van der Waals surface area contributed by atoms with E-state index in [9.17, 15) is 4.79 Å². The molecule has 1 aromatic heterocycles. The monoisotopic (exact) mass is 181 g/mol. The second-order valence-electron chi connectivity index (χ2n) is 3.16. The molecular formula is C8H11N3O2. The third-order valence-electron chi connectivity index (χ3n) is 2.32. The molecule has 2 N–H and O–H groups in total. The molecule has 13 heavy (non-hydrogen) atoms. The molecule has 0 spiro atoms. The van der Waals surface area contributed by atoms with Crippen LogP contribution in [0.1, 0.15) is 18.2 Å². The molecule has 0 fully saturated rings. The van der Waals surface area contributed by atoms with Crippen LogP contribution in [0.4, 0.5) is 5.88 Å². The Labute approximate surface area is 75.5 Å². The molecule has 0 saturated heterocycles. The summed E-state index contributed by atoms with van der Waals surface area (Å²) in [5.41, 5.74) is 7.30. The molecule has 0 unspecified atom stereocenters. The van der Waals surface area contributed by atoms with Gasteiger partial charge in [0.15, 0.2) is 0 Å². The zero-order valence-corrected chi connectivity index (χ0v) is 7.41. The molecule has 5 heteroatoms. The summed E-state index contributed by atoms with van der Waals surface area (Å²) in [6, 6.07) is 0. The molecule has 1 aliphatic heterocycles. The number of nitrogens with zero attached hydrogens (tertiary/aromatic N) is 2. The quantitative estimate of drug-likeness (QED) is 0.618. The van der Waals surface area contributed by atoms with Crippen LogP contribution in [0.3, 0.4) is 0 Å². The zero-order chi connectivity index (χ0) is 9.42. The highest BCUT2D eigenvalue weighted by Gasteiger charge is 2.23. The largest absolute Gasteiger partial charge is 0.367 e. The van der Waals surface area contributed by atoms with Gasteiger partial charge >= 0.3 is 0 Å². The van der Waals surface area contributed by atoms with Gasteiger partial charge in [-0.05, 0) is 6.42 Å². The Morgan fingerprint density at radius 2 is 2.46 bits per heavy atom. The van der Waals surface area contributed by atoms with Crippen LogP contribution in [0.25, 0.3) is 0 Å². The van der Waals surface area contributed by atoms with E-state index in [1.54, 1.807) is 11.8 Å². The fourth-order valence-electron chi connectivity index (χ4n) is 1.52. The van der Waals surface area contributed by atoms with Crippen LogP contribution in [0, 0.1) is 0 Å². The van der Waals surface area contributed by atoms with E-state index in [1.807, 2.05) is 0 Å². The van der Waals surface area contributed by atoms with Crippen molar-refractivity contribution < 1.29 is 9.32 Å². The molecule has 0 saturated carbocycles. The Bertz CT molecular complexity index is 345. The molecular weight excluding hydrogens is 170 g/mol. The Balaban J connectivity index is 2.25. The highest BCUT2D eigenvalue weighted by Crippen LogP contribution is 2.23. The van der Waals surface area contributed by atoms with E-state index in [-0.39, 0.29) is 5.91 Å². The lowest BCUT2D eigenvalue weighted by Crippen LogP contribution is -2.34. The van der Waals surface area contributed by atoms with E-state index in [2.05, 4.69) is 5.16 Å². The first-order valence-corrected chi connectivity index (χ1v) is 4.17. The number of carbonyl (C=O) groups excluding carboxylic acids is 1. The number of rotatable bonds is 0. The third kappa shape index (κ3) is 1.26. The van der Waals surface area contributed by atoms with Gasteiger partial charge < -0.3 is 15.2 Å². The van der Waals surface area contributed by atoms with Gasteiger partial charge in [-0.2, -0.15) is 0 Å². The highest BCUT2D eigenvalue weighted by atomic mass is 16.5. The average Bonchev–Trinajstić information content (AvgIpc) is 2.47. The number of aromatic nitrogens is 1. The highest BCUT2D eigenvalue weighted by molar-refractivity contribution is 5.73. The summed E-state index contributed by atoms with van der Waals surface area (Å²) in [5.74, 6) is 0.449. The van der Waals surface area contributed by atoms with Gasteiger partial charge in [-0.25, -0.2) is 0 Å². The number of anilines is 1. The van der Waals surface area contributed by atoms with Crippen molar-refractivity contribution in [3.05, 3.63) is 11.3 Å². The molecule has 1 amide bonds. The maximum atomic E-state index is 11.1. The number of hydrogen-bond donors (Lipinski definition) is 1.